The molecule has 2 aliphatic rings. The van der Waals surface area contributed by atoms with Gasteiger partial charge >= 0.3 is 0 Å². The van der Waals surface area contributed by atoms with Crippen LogP contribution in [0.15, 0.2) is 11.2 Å². The minimum absolute atomic E-state index is 0.142. The predicted octanol–water partition coefficient (Wildman–Crippen LogP) is 2.54. The van der Waals surface area contributed by atoms with Gasteiger partial charge in [-0.2, -0.15) is 0 Å². The molecule has 0 radical (unpaired) electrons. The maximum atomic E-state index is 12.6. The first-order valence-corrected chi connectivity index (χ1v) is 12.6. The molecule has 4 rings (SSSR count). The number of aromatic nitrogens is 3. The molecule has 0 saturated carbocycles. The van der Waals surface area contributed by atoms with Gasteiger partial charge in [0.2, 0.25) is 5.95 Å². The molecule has 0 bridgehead atoms. The monoisotopic (exact) mass is 432 g/mol. The molecule has 8 nitrogen and oxygen atoms in total. The third kappa shape index (κ3) is 4.38. The average Bonchev–Trinajstić information content (AvgIpc) is 3.48. The second-order valence-corrected chi connectivity index (χ2v) is 9.80. The van der Waals surface area contributed by atoms with E-state index in [1.165, 1.54) is 35.1 Å². The fraction of sp³-hybridized carbons (Fsp3) is 0.619. The fourth-order valence-corrected chi connectivity index (χ4v) is 5.56. The Balaban J connectivity index is 1.44. The van der Waals surface area contributed by atoms with Gasteiger partial charge < -0.3 is 10.2 Å². The van der Waals surface area contributed by atoms with E-state index in [2.05, 4.69) is 50.0 Å². The first-order chi connectivity index (χ1) is 14.5. The van der Waals surface area contributed by atoms with E-state index in [0.717, 1.165) is 57.4 Å². The Bertz CT molecular complexity index is 965. The topological polar surface area (TPSA) is 103 Å². The summed E-state index contributed by atoms with van der Waals surface area (Å²) < 4.78 is 27.8. The molecule has 0 aliphatic heterocycles. The van der Waals surface area contributed by atoms with Crippen LogP contribution in [0.4, 0.5) is 11.6 Å². The molecule has 2 aromatic rings. The Morgan fingerprint density at radius 3 is 2.33 bits per heavy atom. The number of H-pyrrole nitrogens is 1. The van der Waals surface area contributed by atoms with Crippen LogP contribution >= 0.6 is 0 Å². The SMILES string of the molecule is CCN(CC)CCCNS(=O)(=O)c1nnc(Nc2c3c(cc4c2CCC4)CCC3)[nH]1. The smallest absolute Gasteiger partial charge is 0.276 e. The van der Waals surface area contributed by atoms with Crippen molar-refractivity contribution < 1.29 is 8.42 Å². The summed E-state index contributed by atoms with van der Waals surface area (Å²) in [6.07, 6.45) is 7.43. The lowest BCUT2D eigenvalue weighted by atomic mass is 9.99. The van der Waals surface area contributed by atoms with Gasteiger partial charge in [-0.3, -0.25) is 4.98 Å². The molecule has 3 N–H and O–H groups in total. The van der Waals surface area contributed by atoms with Gasteiger partial charge in [0.05, 0.1) is 0 Å². The van der Waals surface area contributed by atoms with E-state index in [4.69, 9.17) is 0 Å². The molecule has 164 valence electrons. The quantitative estimate of drug-likeness (QED) is 0.499. The van der Waals surface area contributed by atoms with Crippen LogP contribution in [0.2, 0.25) is 0 Å². The highest BCUT2D eigenvalue weighted by Crippen LogP contribution is 2.39. The Kier molecular flexibility index (Phi) is 6.40. The van der Waals surface area contributed by atoms with Crippen molar-refractivity contribution in [2.24, 2.45) is 0 Å². The van der Waals surface area contributed by atoms with E-state index in [1.54, 1.807) is 0 Å². The fourth-order valence-electron chi connectivity index (χ4n) is 4.63. The summed E-state index contributed by atoms with van der Waals surface area (Å²) in [5, 5.41) is 11.2. The van der Waals surface area contributed by atoms with E-state index in [1.807, 2.05) is 0 Å². The number of nitrogens with one attached hydrogen (secondary N) is 3. The Labute approximate surface area is 178 Å². The van der Waals surface area contributed by atoms with E-state index in [0.29, 0.717) is 12.5 Å². The zero-order valence-corrected chi connectivity index (χ0v) is 18.7. The van der Waals surface area contributed by atoms with Crippen molar-refractivity contribution in [1.82, 2.24) is 24.8 Å². The molecule has 30 heavy (non-hydrogen) atoms. The summed E-state index contributed by atoms with van der Waals surface area (Å²) in [5.74, 6) is 0.382. The zero-order valence-electron chi connectivity index (χ0n) is 17.9. The number of nitrogens with zero attached hydrogens (tertiary/aromatic N) is 3. The summed E-state index contributed by atoms with van der Waals surface area (Å²) >= 11 is 0. The Morgan fingerprint density at radius 1 is 1.03 bits per heavy atom. The standard InChI is InChI=1S/C21H32N6O2S/c1-3-27(4-2)13-7-12-22-30(28,29)21-24-20(25-26-21)23-19-17-10-5-8-15(17)14-16-9-6-11-18(16)19/h14,22H,3-13H2,1-2H3,(H2,23,24,25,26). The summed E-state index contributed by atoms with van der Waals surface area (Å²) in [7, 11) is -3.70. The van der Waals surface area contributed by atoms with Crippen LogP contribution in [-0.4, -0.2) is 54.7 Å². The highest BCUT2D eigenvalue weighted by Gasteiger charge is 2.25. The van der Waals surface area contributed by atoms with Crippen LogP contribution in [0.1, 0.15) is 55.4 Å². The van der Waals surface area contributed by atoms with Crippen molar-refractivity contribution in [2.45, 2.75) is 63.9 Å². The molecule has 0 amide bonds. The van der Waals surface area contributed by atoms with Gasteiger partial charge in [0, 0.05) is 12.2 Å². The van der Waals surface area contributed by atoms with E-state index < -0.39 is 10.0 Å². The molecular weight excluding hydrogens is 400 g/mol. The van der Waals surface area contributed by atoms with Gasteiger partial charge in [0.25, 0.3) is 15.2 Å². The lowest BCUT2D eigenvalue weighted by Crippen LogP contribution is -2.30. The molecule has 0 saturated heterocycles. The van der Waals surface area contributed by atoms with Gasteiger partial charge in [-0.05, 0) is 86.8 Å². The number of fused-ring (bicyclic) bond motifs is 2. The van der Waals surface area contributed by atoms with Crippen molar-refractivity contribution in [3.05, 3.63) is 28.3 Å². The van der Waals surface area contributed by atoms with E-state index in [-0.39, 0.29) is 5.16 Å². The number of benzene rings is 1. The average molecular weight is 433 g/mol. The lowest BCUT2D eigenvalue weighted by Gasteiger charge is -2.17. The third-order valence-electron chi connectivity index (χ3n) is 6.27. The predicted molar refractivity (Wildman–Crippen MR) is 118 cm³/mol. The molecule has 2 aliphatic carbocycles. The Hall–Kier alpha value is -1.97. The maximum absolute atomic E-state index is 12.6. The normalized spacial score (nSPS) is 15.6. The summed E-state index contributed by atoms with van der Waals surface area (Å²) in [6.45, 7) is 7.38. The first kappa shape index (κ1) is 21.3. The number of rotatable bonds is 10. The number of hydrogen-bond donors (Lipinski definition) is 3. The van der Waals surface area contributed by atoms with Crippen molar-refractivity contribution in [1.29, 1.82) is 0 Å². The van der Waals surface area contributed by atoms with Gasteiger partial charge in [0.1, 0.15) is 0 Å². The highest BCUT2D eigenvalue weighted by atomic mass is 32.2. The number of anilines is 2. The number of sulfonamides is 1. The minimum atomic E-state index is -3.70. The van der Waals surface area contributed by atoms with Crippen molar-refractivity contribution in [3.8, 4) is 0 Å². The number of hydrogen-bond acceptors (Lipinski definition) is 6. The first-order valence-electron chi connectivity index (χ1n) is 11.1. The van der Waals surface area contributed by atoms with E-state index >= 15 is 0 Å². The molecule has 0 spiro atoms. The van der Waals surface area contributed by atoms with Gasteiger partial charge in [-0.1, -0.05) is 19.9 Å². The molecule has 9 heteroatoms. The summed E-state index contributed by atoms with van der Waals surface area (Å²) in [4.78, 5) is 5.13. The van der Waals surface area contributed by atoms with Crippen LogP contribution < -0.4 is 10.0 Å². The van der Waals surface area contributed by atoms with E-state index in [9.17, 15) is 8.42 Å². The van der Waals surface area contributed by atoms with Gasteiger partial charge in [-0.25, -0.2) is 13.1 Å². The molecule has 1 aromatic heterocycles. The van der Waals surface area contributed by atoms with Gasteiger partial charge in [0.15, 0.2) is 0 Å². The van der Waals surface area contributed by atoms with Crippen LogP contribution in [0.25, 0.3) is 0 Å². The lowest BCUT2D eigenvalue weighted by molar-refractivity contribution is 0.300. The molecule has 1 heterocycles. The molecule has 0 atom stereocenters. The maximum Gasteiger partial charge on any atom is 0.276 e. The van der Waals surface area contributed by atoms with Crippen LogP contribution in [0.5, 0.6) is 0 Å². The second-order valence-electron chi connectivity index (χ2n) is 8.12. The second kappa shape index (κ2) is 9.03. The largest absolute Gasteiger partial charge is 0.324 e. The van der Waals surface area contributed by atoms with Crippen molar-refractivity contribution in [2.75, 3.05) is 31.5 Å². The molecule has 1 aromatic carbocycles. The van der Waals surface area contributed by atoms with Crippen molar-refractivity contribution in [3.63, 3.8) is 0 Å². The van der Waals surface area contributed by atoms with Crippen LogP contribution in [0, 0.1) is 0 Å². The molecule has 0 fully saturated rings. The number of aryl methyl sites for hydroxylation is 2. The van der Waals surface area contributed by atoms with Crippen LogP contribution in [-0.2, 0) is 35.7 Å². The third-order valence-corrected chi connectivity index (χ3v) is 7.55. The summed E-state index contributed by atoms with van der Waals surface area (Å²) in [6, 6.07) is 2.37. The molecular formula is C21H32N6O2S. The van der Waals surface area contributed by atoms with Crippen LogP contribution in [0.3, 0.4) is 0 Å². The Morgan fingerprint density at radius 2 is 1.70 bits per heavy atom. The van der Waals surface area contributed by atoms with Gasteiger partial charge in [-0.15, -0.1) is 10.2 Å². The zero-order chi connectivity index (χ0) is 21.1. The number of aromatic amines is 1. The molecule has 0 unspecified atom stereocenters. The van der Waals surface area contributed by atoms with Crippen molar-refractivity contribution >= 4 is 21.7 Å². The summed E-state index contributed by atoms with van der Waals surface area (Å²) in [5.41, 5.74) is 6.66. The minimum Gasteiger partial charge on any atom is -0.324 e. The highest BCUT2D eigenvalue weighted by molar-refractivity contribution is 7.89.